The number of rotatable bonds is 6. The third-order valence-electron chi connectivity index (χ3n) is 4.92. The van der Waals surface area contributed by atoms with E-state index >= 15 is 0 Å². The summed E-state index contributed by atoms with van der Waals surface area (Å²) in [6.07, 6.45) is -4.45. The van der Waals surface area contributed by atoms with Crippen LogP contribution in [0.15, 0.2) is 84.0 Å². The third kappa shape index (κ3) is 4.96. The van der Waals surface area contributed by atoms with Crippen LogP contribution in [0.1, 0.15) is 18.1 Å². The highest BCUT2D eigenvalue weighted by Gasteiger charge is 2.31. The van der Waals surface area contributed by atoms with Crippen LogP contribution in [0, 0.1) is 0 Å². The van der Waals surface area contributed by atoms with E-state index in [0.29, 0.717) is 22.9 Å². The fourth-order valence-corrected chi connectivity index (χ4v) is 4.19. The molecule has 1 aromatic heterocycles. The van der Waals surface area contributed by atoms with Crippen LogP contribution in [-0.4, -0.2) is 20.7 Å². The first-order chi connectivity index (χ1) is 15.3. The maximum absolute atomic E-state index is 13.2. The van der Waals surface area contributed by atoms with Gasteiger partial charge in [-0.05, 0) is 42.8 Å². The summed E-state index contributed by atoms with van der Waals surface area (Å²) >= 11 is 1.21. The summed E-state index contributed by atoms with van der Waals surface area (Å²) in [4.78, 5) is 17.1. The van der Waals surface area contributed by atoms with Crippen LogP contribution in [0.25, 0.3) is 11.0 Å². The lowest BCUT2D eigenvalue weighted by molar-refractivity contribution is -0.137. The number of carbonyl (C=O) groups excluding carboxylic acids is 1. The molecule has 1 N–H and O–H groups in total. The molecule has 1 heterocycles. The predicted molar refractivity (Wildman–Crippen MR) is 121 cm³/mol. The van der Waals surface area contributed by atoms with Crippen molar-refractivity contribution in [1.82, 2.24) is 9.55 Å². The van der Waals surface area contributed by atoms with Crippen molar-refractivity contribution >= 4 is 34.4 Å². The van der Waals surface area contributed by atoms with Crippen molar-refractivity contribution in [2.24, 2.45) is 0 Å². The number of nitrogens with zero attached hydrogens (tertiary/aromatic N) is 2. The molecule has 0 aliphatic rings. The van der Waals surface area contributed by atoms with Gasteiger partial charge in [0.2, 0.25) is 5.91 Å². The summed E-state index contributed by atoms with van der Waals surface area (Å²) < 4.78 is 41.4. The largest absolute Gasteiger partial charge is 0.416 e. The van der Waals surface area contributed by atoms with E-state index in [2.05, 4.69) is 10.3 Å². The zero-order chi connectivity index (χ0) is 22.7. The minimum absolute atomic E-state index is 0.213. The van der Waals surface area contributed by atoms with E-state index in [-0.39, 0.29) is 11.4 Å². The molecule has 32 heavy (non-hydrogen) atoms. The van der Waals surface area contributed by atoms with Crippen LogP contribution in [0.4, 0.5) is 18.9 Å². The van der Waals surface area contributed by atoms with Crippen LogP contribution < -0.4 is 5.32 Å². The highest BCUT2D eigenvalue weighted by molar-refractivity contribution is 8.00. The normalized spacial score (nSPS) is 12.6. The molecule has 4 rings (SSSR count). The number of hydrogen-bond donors (Lipinski definition) is 1. The lowest BCUT2D eigenvalue weighted by Gasteiger charge is -2.14. The van der Waals surface area contributed by atoms with E-state index in [1.165, 1.54) is 17.8 Å². The molecule has 1 amide bonds. The number of alkyl halides is 3. The summed E-state index contributed by atoms with van der Waals surface area (Å²) in [6.45, 7) is 2.17. The number of benzene rings is 3. The standard InChI is InChI=1S/C24H20F3N3OS/c1-16(22(31)28-19-10-6-3-7-11-19)32-23-29-20-14-18(24(25,26)27)12-13-21(20)30(23)15-17-8-4-2-5-9-17/h2-14,16H,15H2,1H3,(H,28,31)/t16-/m1/s1. The van der Waals surface area contributed by atoms with Gasteiger partial charge in [0.1, 0.15) is 0 Å². The Hall–Kier alpha value is -3.26. The highest BCUT2D eigenvalue weighted by atomic mass is 32.2. The zero-order valence-corrected chi connectivity index (χ0v) is 18.0. The molecule has 8 heteroatoms. The van der Waals surface area contributed by atoms with E-state index in [0.717, 1.165) is 17.7 Å². The lowest BCUT2D eigenvalue weighted by Crippen LogP contribution is -2.22. The quantitative estimate of drug-likeness (QED) is 0.351. The Balaban J connectivity index is 1.66. The Bertz CT molecular complexity index is 1220. The predicted octanol–water partition coefficient (Wildman–Crippen LogP) is 6.22. The number of fused-ring (bicyclic) bond motifs is 1. The van der Waals surface area contributed by atoms with Gasteiger partial charge in [-0.3, -0.25) is 4.79 Å². The van der Waals surface area contributed by atoms with Crippen LogP contribution in [-0.2, 0) is 17.5 Å². The Morgan fingerprint density at radius 3 is 2.34 bits per heavy atom. The summed E-state index contributed by atoms with van der Waals surface area (Å²) in [5, 5.41) is 2.82. The number of thioether (sulfide) groups is 1. The summed E-state index contributed by atoms with van der Waals surface area (Å²) in [5.74, 6) is -0.213. The SMILES string of the molecule is C[C@@H](Sc1nc2cc(C(F)(F)F)ccc2n1Cc1ccccc1)C(=O)Nc1ccccc1. The minimum Gasteiger partial charge on any atom is -0.325 e. The molecule has 3 aromatic carbocycles. The molecular formula is C24H20F3N3OS. The Morgan fingerprint density at radius 2 is 1.69 bits per heavy atom. The number of amides is 1. The first-order valence-electron chi connectivity index (χ1n) is 9.95. The molecule has 0 bridgehead atoms. The van der Waals surface area contributed by atoms with Gasteiger partial charge in [0.15, 0.2) is 5.16 Å². The van der Waals surface area contributed by atoms with Crippen molar-refractivity contribution in [3.63, 3.8) is 0 Å². The molecule has 1 atom stereocenters. The zero-order valence-electron chi connectivity index (χ0n) is 17.1. The molecule has 0 aliphatic heterocycles. The van der Waals surface area contributed by atoms with Gasteiger partial charge in [-0.2, -0.15) is 13.2 Å². The van der Waals surface area contributed by atoms with Gasteiger partial charge in [0.25, 0.3) is 0 Å². The number of hydrogen-bond acceptors (Lipinski definition) is 3. The Morgan fingerprint density at radius 1 is 1.03 bits per heavy atom. The van der Waals surface area contributed by atoms with Gasteiger partial charge in [0.05, 0.1) is 28.4 Å². The monoisotopic (exact) mass is 455 g/mol. The molecule has 164 valence electrons. The molecule has 0 fully saturated rings. The third-order valence-corrected chi connectivity index (χ3v) is 6.01. The number of aromatic nitrogens is 2. The summed E-state index contributed by atoms with van der Waals surface area (Å²) in [5.41, 5.74) is 1.74. The Labute approximate surface area is 187 Å². The highest BCUT2D eigenvalue weighted by Crippen LogP contribution is 2.34. The second-order valence-corrected chi connectivity index (χ2v) is 8.59. The van der Waals surface area contributed by atoms with E-state index in [1.54, 1.807) is 19.1 Å². The molecular weight excluding hydrogens is 435 g/mol. The van der Waals surface area contributed by atoms with Crippen molar-refractivity contribution in [2.45, 2.75) is 30.1 Å². The summed E-state index contributed by atoms with van der Waals surface area (Å²) in [6, 6.07) is 22.2. The van der Waals surface area contributed by atoms with Crippen LogP contribution in [0.2, 0.25) is 0 Å². The van der Waals surface area contributed by atoms with Crippen molar-refractivity contribution in [3.05, 3.63) is 90.0 Å². The van der Waals surface area contributed by atoms with Gasteiger partial charge in [-0.15, -0.1) is 0 Å². The molecule has 0 saturated carbocycles. The molecule has 4 aromatic rings. The smallest absolute Gasteiger partial charge is 0.325 e. The topological polar surface area (TPSA) is 46.9 Å². The fraction of sp³-hybridized carbons (Fsp3) is 0.167. The molecule has 4 nitrogen and oxygen atoms in total. The maximum Gasteiger partial charge on any atom is 0.416 e. The first kappa shape index (κ1) is 22.0. The number of carbonyl (C=O) groups is 1. The van der Waals surface area contributed by atoms with Gasteiger partial charge < -0.3 is 9.88 Å². The van der Waals surface area contributed by atoms with E-state index in [1.807, 2.05) is 53.1 Å². The van der Waals surface area contributed by atoms with Crippen LogP contribution >= 0.6 is 11.8 Å². The Kier molecular flexibility index (Phi) is 6.23. The van der Waals surface area contributed by atoms with Crippen molar-refractivity contribution in [3.8, 4) is 0 Å². The van der Waals surface area contributed by atoms with Crippen molar-refractivity contribution in [1.29, 1.82) is 0 Å². The average molecular weight is 456 g/mol. The number of anilines is 1. The first-order valence-corrected chi connectivity index (χ1v) is 10.8. The van der Waals surface area contributed by atoms with Crippen LogP contribution in [0.5, 0.6) is 0 Å². The molecule has 0 aliphatic carbocycles. The van der Waals surface area contributed by atoms with Gasteiger partial charge >= 0.3 is 6.18 Å². The molecule has 0 saturated heterocycles. The number of para-hydroxylation sites is 1. The van der Waals surface area contributed by atoms with Crippen molar-refractivity contribution in [2.75, 3.05) is 5.32 Å². The van der Waals surface area contributed by atoms with Crippen LogP contribution in [0.3, 0.4) is 0 Å². The molecule has 0 unspecified atom stereocenters. The van der Waals surface area contributed by atoms with Crippen molar-refractivity contribution < 1.29 is 18.0 Å². The second kappa shape index (κ2) is 9.08. The second-order valence-electron chi connectivity index (χ2n) is 7.28. The van der Waals surface area contributed by atoms with E-state index in [9.17, 15) is 18.0 Å². The average Bonchev–Trinajstić information content (AvgIpc) is 3.10. The van der Waals surface area contributed by atoms with Gasteiger partial charge in [-0.1, -0.05) is 60.3 Å². The molecule has 0 radical (unpaired) electrons. The number of halogens is 3. The van der Waals surface area contributed by atoms with Gasteiger partial charge in [0, 0.05) is 5.69 Å². The van der Waals surface area contributed by atoms with Gasteiger partial charge in [-0.25, -0.2) is 4.98 Å². The lowest BCUT2D eigenvalue weighted by atomic mass is 10.2. The molecule has 0 spiro atoms. The maximum atomic E-state index is 13.2. The number of imidazole rings is 1. The minimum atomic E-state index is -4.45. The number of nitrogens with one attached hydrogen (secondary N) is 1. The summed E-state index contributed by atoms with van der Waals surface area (Å²) in [7, 11) is 0. The fourth-order valence-electron chi connectivity index (χ4n) is 3.27. The van der Waals surface area contributed by atoms with E-state index < -0.39 is 17.0 Å². The van der Waals surface area contributed by atoms with E-state index in [4.69, 9.17) is 0 Å².